The van der Waals surface area contributed by atoms with Gasteiger partial charge in [-0.15, -0.1) is 0 Å². The van der Waals surface area contributed by atoms with Gasteiger partial charge in [-0.25, -0.2) is 0 Å². The molecule has 0 aliphatic carbocycles. The average Bonchev–Trinajstić information content (AvgIpc) is 2.90. The number of nitrogens with two attached hydrogens (primary N) is 1. The van der Waals surface area contributed by atoms with Gasteiger partial charge in [0.15, 0.2) is 17.3 Å². The van der Waals surface area contributed by atoms with Crippen molar-refractivity contribution < 1.29 is 19.5 Å². The first-order valence-electron chi connectivity index (χ1n) is 5.75. The summed E-state index contributed by atoms with van der Waals surface area (Å²) in [6.45, 7) is 2.11. The third-order valence-corrected chi connectivity index (χ3v) is 2.86. The molecule has 7 nitrogen and oxygen atoms in total. The van der Waals surface area contributed by atoms with Gasteiger partial charge >= 0.3 is 0 Å². The minimum Gasteiger partial charge on any atom is -0.454 e. The molecule has 1 amide bonds. The highest BCUT2D eigenvalue weighted by Crippen LogP contribution is 2.32. The summed E-state index contributed by atoms with van der Waals surface area (Å²) in [6.07, 6.45) is 0. The van der Waals surface area contributed by atoms with E-state index in [1.54, 1.807) is 19.1 Å². The van der Waals surface area contributed by atoms with E-state index in [1.165, 1.54) is 0 Å². The van der Waals surface area contributed by atoms with E-state index in [0.29, 0.717) is 18.0 Å². The number of nitrogens with zero attached hydrogens (tertiary/aromatic N) is 1. The molecule has 0 bridgehead atoms. The molecule has 0 spiro atoms. The minimum absolute atomic E-state index is 0.122. The molecule has 1 heterocycles. The number of nitrogens with one attached hydrogen (secondary N) is 1. The SMILES string of the molecule is CC(C(=O)NCc1ccc2c(c1)OCO2)C(N)=NO. The maximum Gasteiger partial charge on any atom is 0.231 e. The predicted molar refractivity (Wildman–Crippen MR) is 67.0 cm³/mol. The summed E-state index contributed by atoms with van der Waals surface area (Å²) in [5.74, 6) is 0.242. The first-order valence-corrected chi connectivity index (χ1v) is 5.75. The fraction of sp³-hybridized carbons (Fsp3) is 0.333. The Balaban J connectivity index is 1.94. The van der Waals surface area contributed by atoms with E-state index >= 15 is 0 Å². The van der Waals surface area contributed by atoms with Crippen LogP contribution in [0, 0.1) is 5.92 Å². The topological polar surface area (TPSA) is 106 Å². The zero-order valence-corrected chi connectivity index (χ0v) is 10.4. The number of carbonyl (C=O) groups excluding carboxylic acids is 1. The van der Waals surface area contributed by atoms with Crippen LogP contribution in [0.5, 0.6) is 11.5 Å². The average molecular weight is 265 g/mol. The van der Waals surface area contributed by atoms with Gasteiger partial charge in [0.1, 0.15) is 0 Å². The van der Waals surface area contributed by atoms with Crippen LogP contribution in [0.1, 0.15) is 12.5 Å². The molecule has 102 valence electrons. The molecule has 1 aliphatic rings. The maximum absolute atomic E-state index is 11.7. The summed E-state index contributed by atoms with van der Waals surface area (Å²) >= 11 is 0. The maximum atomic E-state index is 11.7. The van der Waals surface area contributed by atoms with Crippen LogP contribution < -0.4 is 20.5 Å². The summed E-state index contributed by atoms with van der Waals surface area (Å²) in [6, 6.07) is 5.43. The number of ether oxygens (including phenoxy) is 2. The van der Waals surface area contributed by atoms with Crippen LogP contribution in [0.2, 0.25) is 0 Å². The first-order chi connectivity index (χ1) is 9.11. The molecule has 0 saturated carbocycles. The Morgan fingerprint density at radius 2 is 2.26 bits per heavy atom. The van der Waals surface area contributed by atoms with E-state index in [1.807, 2.05) is 6.07 Å². The zero-order chi connectivity index (χ0) is 13.8. The molecular formula is C12H15N3O4. The molecule has 1 atom stereocenters. The standard InChI is InChI=1S/C12H15N3O4/c1-7(11(13)15-17)12(16)14-5-8-2-3-9-10(4-8)19-6-18-9/h2-4,7,17H,5-6H2,1H3,(H2,13,15)(H,14,16). The molecule has 0 saturated heterocycles. The highest BCUT2D eigenvalue weighted by atomic mass is 16.7. The third kappa shape index (κ3) is 2.87. The number of amidine groups is 1. The number of carbonyl (C=O) groups is 1. The van der Waals surface area contributed by atoms with Crippen molar-refractivity contribution in [3.8, 4) is 11.5 Å². The molecule has 2 rings (SSSR count). The summed E-state index contributed by atoms with van der Waals surface area (Å²) < 4.78 is 10.4. The van der Waals surface area contributed by atoms with Crippen molar-refractivity contribution in [3.05, 3.63) is 23.8 Å². The lowest BCUT2D eigenvalue weighted by Gasteiger charge is -2.10. The molecule has 1 unspecified atom stereocenters. The number of amides is 1. The highest BCUT2D eigenvalue weighted by molar-refractivity contribution is 6.01. The molecule has 1 aromatic carbocycles. The fourth-order valence-electron chi connectivity index (χ4n) is 1.61. The minimum atomic E-state index is -0.681. The molecule has 4 N–H and O–H groups in total. The van der Waals surface area contributed by atoms with E-state index in [2.05, 4.69) is 10.5 Å². The van der Waals surface area contributed by atoms with Crippen LogP contribution in [0.4, 0.5) is 0 Å². The van der Waals surface area contributed by atoms with Gasteiger partial charge in [0.05, 0.1) is 5.92 Å². The van der Waals surface area contributed by atoms with Gasteiger partial charge in [0, 0.05) is 6.54 Å². The van der Waals surface area contributed by atoms with E-state index < -0.39 is 5.92 Å². The number of rotatable bonds is 4. The Hall–Kier alpha value is -2.44. The van der Waals surface area contributed by atoms with Crippen LogP contribution in [0.3, 0.4) is 0 Å². The monoisotopic (exact) mass is 265 g/mol. The number of benzene rings is 1. The van der Waals surface area contributed by atoms with Crippen LogP contribution in [0.25, 0.3) is 0 Å². The largest absolute Gasteiger partial charge is 0.454 e. The summed E-state index contributed by atoms with van der Waals surface area (Å²) in [4.78, 5) is 11.7. The predicted octanol–water partition coefficient (Wildman–Crippen LogP) is 0.414. The van der Waals surface area contributed by atoms with Crippen LogP contribution in [-0.4, -0.2) is 23.7 Å². The first kappa shape index (κ1) is 13.0. The van der Waals surface area contributed by atoms with Gasteiger partial charge < -0.3 is 25.7 Å². The van der Waals surface area contributed by atoms with E-state index in [9.17, 15) is 4.79 Å². The van der Waals surface area contributed by atoms with Gasteiger partial charge in [-0.2, -0.15) is 0 Å². The van der Waals surface area contributed by atoms with Crippen molar-refractivity contribution in [1.82, 2.24) is 5.32 Å². The van der Waals surface area contributed by atoms with Crippen molar-refractivity contribution in [2.45, 2.75) is 13.5 Å². The number of hydrogen-bond acceptors (Lipinski definition) is 5. The second-order valence-corrected chi connectivity index (χ2v) is 4.15. The zero-order valence-electron chi connectivity index (χ0n) is 10.4. The second kappa shape index (κ2) is 5.47. The van der Waals surface area contributed by atoms with Gasteiger partial charge in [0.25, 0.3) is 0 Å². The van der Waals surface area contributed by atoms with Crippen LogP contribution in [0.15, 0.2) is 23.4 Å². The Labute approximate surface area is 110 Å². The normalized spacial score (nSPS) is 15.1. The van der Waals surface area contributed by atoms with Gasteiger partial charge in [-0.3, -0.25) is 4.79 Å². The number of hydrogen-bond donors (Lipinski definition) is 3. The molecule has 19 heavy (non-hydrogen) atoms. The molecular weight excluding hydrogens is 250 g/mol. The Bertz CT molecular complexity index is 516. The van der Waals surface area contributed by atoms with Crippen LogP contribution in [-0.2, 0) is 11.3 Å². The summed E-state index contributed by atoms with van der Waals surface area (Å²) in [5, 5.41) is 14.0. The molecule has 1 aromatic rings. The van der Waals surface area contributed by atoms with Gasteiger partial charge in [-0.1, -0.05) is 11.2 Å². The smallest absolute Gasteiger partial charge is 0.231 e. The molecule has 1 aliphatic heterocycles. The third-order valence-electron chi connectivity index (χ3n) is 2.86. The van der Waals surface area contributed by atoms with E-state index in [4.69, 9.17) is 20.4 Å². The van der Waals surface area contributed by atoms with Gasteiger partial charge in [-0.05, 0) is 24.6 Å². The Morgan fingerprint density at radius 3 is 3.00 bits per heavy atom. The van der Waals surface area contributed by atoms with Crippen molar-refractivity contribution in [1.29, 1.82) is 0 Å². The number of oxime groups is 1. The summed E-state index contributed by atoms with van der Waals surface area (Å²) in [5.41, 5.74) is 6.24. The molecule has 0 fully saturated rings. The van der Waals surface area contributed by atoms with Crippen molar-refractivity contribution in [3.63, 3.8) is 0 Å². The van der Waals surface area contributed by atoms with Crippen molar-refractivity contribution >= 4 is 11.7 Å². The van der Waals surface area contributed by atoms with Gasteiger partial charge in [0.2, 0.25) is 12.7 Å². The lowest BCUT2D eigenvalue weighted by Crippen LogP contribution is -2.36. The second-order valence-electron chi connectivity index (χ2n) is 4.15. The Morgan fingerprint density at radius 1 is 1.53 bits per heavy atom. The molecule has 0 radical (unpaired) electrons. The highest BCUT2D eigenvalue weighted by Gasteiger charge is 2.18. The number of fused-ring (bicyclic) bond motifs is 1. The van der Waals surface area contributed by atoms with Crippen molar-refractivity contribution in [2.75, 3.05) is 6.79 Å². The van der Waals surface area contributed by atoms with E-state index in [0.717, 1.165) is 5.56 Å². The Kier molecular flexibility index (Phi) is 3.74. The van der Waals surface area contributed by atoms with E-state index in [-0.39, 0.29) is 18.5 Å². The lowest BCUT2D eigenvalue weighted by molar-refractivity contribution is -0.122. The fourth-order valence-corrected chi connectivity index (χ4v) is 1.61. The molecule has 0 aromatic heterocycles. The van der Waals surface area contributed by atoms with Crippen molar-refractivity contribution in [2.24, 2.45) is 16.8 Å². The summed E-state index contributed by atoms with van der Waals surface area (Å²) in [7, 11) is 0. The molecule has 7 heteroatoms. The van der Waals surface area contributed by atoms with Crippen LogP contribution >= 0.6 is 0 Å². The quantitative estimate of drug-likeness (QED) is 0.316. The lowest BCUT2D eigenvalue weighted by atomic mass is 10.1.